The van der Waals surface area contributed by atoms with Crippen LogP contribution in [-0.4, -0.2) is 23.7 Å². The molecule has 2 rings (SSSR count). The molecule has 1 aromatic carbocycles. The molecule has 0 spiro atoms. The standard InChI is InChI=1S/C13H15F2NO2/c14-9-3-4-10(11(15)7-9)13(18)16-12(5-6-17)8-1-2-8/h3-4,7-8,12,17H,1-2,5-6H2,(H,16,18). The van der Waals surface area contributed by atoms with Gasteiger partial charge >= 0.3 is 0 Å². The molecule has 1 aromatic rings. The summed E-state index contributed by atoms with van der Waals surface area (Å²) in [4.78, 5) is 11.8. The van der Waals surface area contributed by atoms with Gasteiger partial charge in [-0.3, -0.25) is 4.79 Å². The molecule has 0 radical (unpaired) electrons. The number of halogens is 2. The molecular weight excluding hydrogens is 240 g/mol. The lowest BCUT2D eigenvalue weighted by atomic mass is 10.1. The van der Waals surface area contributed by atoms with Crippen molar-refractivity contribution < 1.29 is 18.7 Å². The molecule has 1 unspecified atom stereocenters. The summed E-state index contributed by atoms with van der Waals surface area (Å²) in [6.07, 6.45) is 2.48. The van der Waals surface area contributed by atoms with Crippen molar-refractivity contribution in [1.29, 1.82) is 0 Å². The Balaban J connectivity index is 2.05. The number of aliphatic hydroxyl groups is 1. The van der Waals surface area contributed by atoms with Crippen LogP contribution in [0.15, 0.2) is 18.2 Å². The molecule has 1 aliphatic carbocycles. The van der Waals surface area contributed by atoms with Gasteiger partial charge in [0.05, 0.1) is 5.56 Å². The van der Waals surface area contributed by atoms with Crippen LogP contribution in [0.1, 0.15) is 29.6 Å². The summed E-state index contributed by atoms with van der Waals surface area (Å²) in [5, 5.41) is 11.6. The van der Waals surface area contributed by atoms with Gasteiger partial charge in [0.1, 0.15) is 11.6 Å². The molecule has 0 saturated heterocycles. The number of hydrogen-bond acceptors (Lipinski definition) is 2. The van der Waals surface area contributed by atoms with E-state index in [1.807, 2.05) is 0 Å². The summed E-state index contributed by atoms with van der Waals surface area (Å²) in [5.41, 5.74) is -0.167. The second kappa shape index (κ2) is 5.44. The first-order valence-corrected chi connectivity index (χ1v) is 5.98. The Morgan fingerprint density at radius 1 is 1.44 bits per heavy atom. The molecule has 1 aliphatic rings. The van der Waals surface area contributed by atoms with Gasteiger partial charge in [-0.25, -0.2) is 8.78 Å². The molecule has 98 valence electrons. The molecule has 1 amide bonds. The van der Waals surface area contributed by atoms with E-state index < -0.39 is 17.5 Å². The van der Waals surface area contributed by atoms with Gasteiger partial charge in [0.2, 0.25) is 0 Å². The van der Waals surface area contributed by atoms with Crippen LogP contribution < -0.4 is 5.32 Å². The molecule has 1 atom stereocenters. The van der Waals surface area contributed by atoms with Crippen LogP contribution in [0.5, 0.6) is 0 Å². The topological polar surface area (TPSA) is 49.3 Å². The number of hydrogen-bond donors (Lipinski definition) is 2. The van der Waals surface area contributed by atoms with Crippen molar-refractivity contribution in [2.24, 2.45) is 5.92 Å². The molecular formula is C13H15F2NO2. The summed E-state index contributed by atoms with van der Waals surface area (Å²) < 4.78 is 26.1. The SMILES string of the molecule is O=C(NC(CCO)C1CC1)c1ccc(F)cc1F. The minimum atomic E-state index is -0.869. The number of rotatable bonds is 5. The van der Waals surface area contributed by atoms with Crippen LogP contribution in [-0.2, 0) is 0 Å². The molecule has 0 bridgehead atoms. The predicted octanol–water partition coefficient (Wildman–Crippen LogP) is 1.86. The van der Waals surface area contributed by atoms with E-state index in [9.17, 15) is 13.6 Å². The van der Waals surface area contributed by atoms with Gasteiger partial charge in [0, 0.05) is 18.7 Å². The summed E-state index contributed by atoms with van der Waals surface area (Å²) in [5.74, 6) is -1.77. The van der Waals surface area contributed by atoms with Gasteiger partial charge in [-0.15, -0.1) is 0 Å². The fraction of sp³-hybridized carbons (Fsp3) is 0.462. The third-order valence-corrected chi connectivity index (χ3v) is 3.12. The largest absolute Gasteiger partial charge is 0.396 e. The van der Waals surface area contributed by atoms with Crippen LogP contribution in [0, 0.1) is 17.6 Å². The lowest BCUT2D eigenvalue weighted by Crippen LogP contribution is -2.37. The Morgan fingerprint density at radius 2 is 2.17 bits per heavy atom. The van der Waals surface area contributed by atoms with Crippen molar-refractivity contribution in [3.63, 3.8) is 0 Å². The molecule has 1 saturated carbocycles. The number of amides is 1. The average molecular weight is 255 g/mol. The van der Waals surface area contributed by atoms with E-state index in [1.54, 1.807) is 0 Å². The van der Waals surface area contributed by atoms with E-state index in [0.717, 1.165) is 25.0 Å². The molecule has 5 heteroatoms. The van der Waals surface area contributed by atoms with E-state index in [1.165, 1.54) is 0 Å². The van der Waals surface area contributed by atoms with Crippen LogP contribution in [0.25, 0.3) is 0 Å². The second-order valence-corrected chi connectivity index (χ2v) is 4.55. The smallest absolute Gasteiger partial charge is 0.254 e. The molecule has 1 fully saturated rings. The van der Waals surface area contributed by atoms with Crippen molar-refractivity contribution in [3.8, 4) is 0 Å². The first-order valence-electron chi connectivity index (χ1n) is 5.98. The maximum Gasteiger partial charge on any atom is 0.254 e. The van der Waals surface area contributed by atoms with Crippen molar-refractivity contribution >= 4 is 5.91 Å². The predicted molar refractivity (Wildman–Crippen MR) is 62.0 cm³/mol. The quantitative estimate of drug-likeness (QED) is 0.843. The van der Waals surface area contributed by atoms with Crippen molar-refractivity contribution in [2.45, 2.75) is 25.3 Å². The minimum absolute atomic E-state index is 0.0205. The summed E-state index contributed by atoms with van der Waals surface area (Å²) >= 11 is 0. The molecule has 0 aromatic heterocycles. The number of aliphatic hydroxyl groups excluding tert-OH is 1. The minimum Gasteiger partial charge on any atom is -0.396 e. The van der Waals surface area contributed by atoms with E-state index in [0.29, 0.717) is 18.4 Å². The van der Waals surface area contributed by atoms with Gasteiger partial charge in [-0.05, 0) is 37.3 Å². The fourth-order valence-corrected chi connectivity index (χ4v) is 1.98. The van der Waals surface area contributed by atoms with E-state index >= 15 is 0 Å². The Labute approximate surface area is 104 Å². The third kappa shape index (κ3) is 3.04. The lowest BCUT2D eigenvalue weighted by molar-refractivity contribution is 0.0920. The highest BCUT2D eigenvalue weighted by molar-refractivity contribution is 5.94. The summed E-state index contributed by atoms with van der Waals surface area (Å²) in [6.45, 7) is -0.0205. The van der Waals surface area contributed by atoms with Crippen LogP contribution >= 0.6 is 0 Å². The van der Waals surface area contributed by atoms with Gasteiger partial charge in [0.25, 0.3) is 5.91 Å². The Morgan fingerprint density at radius 3 is 2.72 bits per heavy atom. The van der Waals surface area contributed by atoms with Gasteiger partial charge in [-0.2, -0.15) is 0 Å². The molecule has 18 heavy (non-hydrogen) atoms. The van der Waals surface area contributed by atoms with Crippen molar-refractivity contribution in [2.75, 3.05) is 6.61 Å². The van der Waals surface area contributed by atoms with Crippen molar-refractivity contribution in [3.05, 3.63) is 35.4 Å². The number of carbonyl (C=O) groups is 1. The van der Waals surface area contributed by atoms with Crippen LogP contribution in [0.4, 0.5) is 8.78 Å². The zero-order valence-corrected chi connectivity index (χ0v) is 9.83. The highest BCUT2D eigenvalue weighted by Gasteiger charge is 2.32. The lowest BCUT2D eigenvalue weighted by Gasteiger charge is -2.17. The fourth-order valence-electron chi connectivity index (χ4n) is 1.98. The maximum absolute atomic E-state index is 13.4. The normalized spacial score (nSPS) is 16.4. The van der Waals surface area contributed by atoms with Gasteiger partial charge < -0.3 is 10.4 Å². The van der Waals surface area contributed by atoms with Crippen LogP contribution in [0.2, 0.25) is 0 Å². The average Bonchev–Trinajstić information content (AvgIpc) is 3.11. The van der Waals surface area contributed by atoms with Crippen molar-refractivity contribution in [1.82, 2.24) is 5.32 Å². The molecule has 0 heterocycles. The first-order chi connectivity index (χ1) is 8.61. The monoisotopic (exact) mass is 255 g/mol. The summed E-state index contributed by atoms with van der Waals surface area (Å²) in [7, 11) is 0. The Kier molecular flexibility index (Phi) is 3.91. The number of nitrogens with one attached hydrogen (secondary N) is 1. The molecule has 3 nitrogen and oxygen atoms in total. The third-order valence-electron chi connectivity index (χ3n) is 3.12. The molecule has 0 aliphatic heterocycles. The van der Waals surface area contributed by atoms with E-state index in [-0.39, 0.29) is 18.2 Å². The highest BCUT2D eigenvalue weighted by atomic mass is 19.1. The number of benzene rings is 1. The van der Waals surface area contributed by atoms with Gasteiger partial charge in [-0.1, -0.05) is 0 Å². The highest BCUT2D eigenvalue weighted by Crippen LogP contribution is 2.34. The Bertz CT molecular complexity index is 447. The summed E-state index contributed by atoms with van der Waals surface area (Å²) in [6, 6.07) is 2.73. The second-order valence-electron chi connectivity index (χ2n) is 4.55. The zero-order valence-electron chi connectivity index (χ0n) is 9.83. The van der Waals surface area contributed by atoms with E-state index in [4.69, 9.17) is 5.11 Å². The van der Waals surface area contributed by atoms with E-state index in [2.05, 4.69) is 5.32 Å². The first kappa shape index (κ1) is 13.0. The number of carbonyl (C=O) groups excluding carboxylic acids is 1. The van der Waals surface area contributed by atoms with Crippen LogP contribution in [0.3, 0.4) is 0 Å². The zero-order chi connectivity index (χ0) is 13.1. The Hall–Kier alpha value is -1.49. The maximum atomic E-state index is 13.4. The molecule has 2 N–H and O–H groups in total. The van der Waals surface area contributed by atoms with Gasteiger partial charge in [0.15, 0.2) is 0 Å².